The highest BCUT2D eigenvalue weighted by molar-refractivity contribution is 6.30. The van der Waals surface area contributed by atoms with Crippen molar-refractivity contribution in [2.45, 2.75) is 12.6 Å². The molecule has 0 bridgehead atoms. The minimum absolute atomic E-state index is 0.245. The first-order chi connectivity index (χ1) is 11.6. The van der Waals surface area contributed by atoms with Crippen molar-refractivity contribution in [3.63, 3.8) is 0 Å². The Morgan fingerprint density at radius 2 is 1.88 bits per heavy atom. The Bertz CT molecular complexity index is 763. The van der Waals surface area contributed by atoms with Gasteiger partial charge in [-0.05, 0) is 36.4 Å². The van der Waals surface area contributed by atoms with Crippen molar-refractivity contribution in [2.24, 2.45) is 0 Å². The van der Waals surface area contributed by atoms with Crippen LogP contribution in [0.2, 0.25) is 5.02 Å². The number of hydrogen-bond acceptors (Lipinski definition) is 4. The van der Waals surface area contributed by atoms with Crippen molar-refractivity contribution < 1.29 is 19.2 Å². The van der Waals surface area contributed by atoms with Gasteiger partial charge < -0.3 is 9.57 Å². The van der Waals surface area contributed by atoms with Crippen LogP contribution in [0.25, 0.3) is 0 Å². The zero-order chi connectivity index (χ0) is 17.1. The third-order valence-electron chi connectivity index (χ3n) is 3.46. The van der Waals surface area contributed by atoms with Crippen LogP contribution in [0.5, 0.6) is 5.75 Å². The Kier molecular flexibility index (Phi) is 4.92. The maximum Gasteiger partial charge on any atom is 0.363 e. The smallest absolute Gasteiger partial charge is 0.363 e. The van der Waals surface area contributed by atoms with Crippen molar-refractivity contribution in [1.82, 2.24) is 5.06 Å². The zero-order valence-electron chi connectivity index (χ0n) is 12.4. The summed E-state index contributed by atoms with van der Waals surface area (Å²) in [6, 6.07) is 12.9. The molecular weight excluding hydrogens is 353 g/mol. The molecule has 0 fully saturated rings. The molecule has 0 saturated carbocycles. The first-order valence-corrected chi connectivity index (χ1v) is 8.14. The van der Waals surface area contributed by atoms with Crippen LogP contribution in [0, 0.1) is 0 Å². The van der Waals surface area contributed by atoms with Crippen LogP contribution in [0.4, 0.5) is 0 Å². The van der Waals surface area contributed by atoms with Crippen LogP contribution in [0.1, 0.15) is 27.1 Å². The van der Waals surface area contributed by atoms with Gasteiger partial charge in [0, 0.05) is 17.3 Å². The number of halogens is 2. The van der Waals surface area contributed by atoms with Crippen LogP contribution in [0.3, 0.4) is 0 Å². The van der Waals surface area contributed by atoms with E-state index in [1.165, 1.54) is 12.1 Å². The molecule has 3 rings (SSSR count). The van der Waals surface area contributed by atoms with Gasteiger partial charge in [-0.15, -0.1) is 16.7 Å². The first-order valence-electron chi connectivity index (χ1n) is 7.23. The molecule has 1 heterocycles. The fraction of sp³-hybridized carbons (Fsp3) is 0.176. The number of carbonyl (C=O) groups is 2. The van der Waals surface area contributed by atoms with Crippen LogP contribution in [-0.2, 0) is 4.84 Å². The summed E-state index contributed by atoms with van der Waals surface area (Å²) in [6.45, 7) is 0. The SMILES string of the molecule is O=C(ON1C(=O)c2ccccc2OC1CCCl)c1ccc(Cl)cc1. The van der Waals surface area contributed by atoms with Gasteiger partial charge in [-0.1, -0.05) is 23.7 Å². The fourth-order valence-electron chi connectivity index (χ4n) is 2.29. The molecule has 2 aromatic rings. The molecule has 24 heavy (non-hydrogen) atoms. The predicted octanol–water partition coefficient (Wildman–Crippen LogP) is 3.90. The lowest BCUT2D eigenvalue weighted by atomic mass is 10.1. The number of para-hydroxylation sites is 1. The minimum Gasteiger partial charge on any atom is -0.466 e. The number of carbonyl (C=O) groups excluding carboxylic acids is 2. The summed E-state index contributed by atoms with van der Waals surface area (Å²) < 4.78 is 5.73. The summed E-state index contributed by atoms with van der Waals surface area (Å²) in [6.07, 6.45) is -0.462. The van der Waals surface area contributed by atoms with Gasteiger partial charge >= 0.3 is 5.97 Å². The topological polar surface area (TPSA) is 55.8 Å². The number of alkyl halides is 1. The maximum absolute atomic E-state index is 12.6. The van der Waals surface area contributed by atoms with Crippen molar-refractivity contribution >= 4 is 35.1 Å². The summed E-state index contributed by atoms with van der Waals surface area (Å²) in [5.41, 5.74) is 0.600. The molecule has 0 saturated heterocycles. The number of nitrogens with zero attached hydrogens (tertiary/aromatic N) is 1. The van der Waals surface area contributed by atoms with Gasteiger partial charge in [0.2, 0.25) is 6.23 Å². The van der Waals surface area contributed by atoms with E-state index in [2.05, 4.69) is 0 Å². The van der Waals surface area contributed by atoms with Crippen molar-refractivity contribution in [2.75, 3.05) is 5.88 Å². The second-order valence-electron chi connectivity index (χ2n) is 5.06. The summed E-state index contributed by atoms with van der Waals surface area (Å²) >= 11 is 11.6. The highest BCUT2D eigenvalue weighted by Crippen LogP contribution is 2.29. The molecule has 1 amide bonds. The average Bonchev–Trinajstić information content (AvgIpc) is 2.59. The van der Waals surface area contributed by atoms with E-state index >= 15 is 0 Å². The molecule has 1 aliphatic rings. The molecule has 5 nitrogen and oxygen atoms in total. The van der Waals surface area contributed by atoms with Gasteiger partial charge in [0.25, 0.3) is 5.91 Å². The molecule has 1 atom stereocenters. The van der Waals surface area contributed by atoms with E-state index in [1.807, 2.05) is 0 Å². The van der Waals surface area contributed by atoms with E-state index < -0.39 is 18.1 Å². The van der Waals surface area contributed by atoms with Gasteiger partial charge in [-0.3, -0.25) is 4.79 Å². The van der Waals surface area contributed by atoms with Crippen molar-refractivity contribution in [1.29, 1.82) is 0 Å². The van der Waals surface area contributed by atoms with Gasteiger partial charge in [-0.2, -0.15) is 0 Å². The van der Waals surface area contributed by atoms with Crippen LogP contribution >= 0.6 is 23.2 Å². The quantitative estimate of drug-likeness (QED) is 0.771. The van der Waals surface area contributed by atoms with E-state index in [-0.39, 0.29) is 11.4 Å². The number of amides is 1. The van der Waals surface area contributed by atoms with E-state index in [4.69, 9.17) is 32.8 Å². The Morgan fingerprint density at radius 3 is 2.58 bits per heavy atom. The molecule has 0 aromatic heterocycles. The van der Waals surface area contributed by atoms with Gasteiger partial charge in [0.05, 0.1) is 11.1 Å². The van der Waals surface area contributed by atoms with Gasteiger partial charge in [0.15, 0.2) is 0 Å². The van der Waals surface area contributed by atoms with E-state index in [9.17, 15) is 9.59 Å². The Morgan fingerprint density at radius 1 is 1.17 bits per heavy atom. The van der Waals surface area contributed by atoms with Crippen LogP contribution in [0.15, 0.2) is 48.5 Å². The number of ether oxygens (including phenoxy) is 1. The lowest BCUT2D eigenvalue weighted by Gasteiger charge is -2.34. The molecule has 2 aromatic carbocycles. The molecule has 0 aliphatic carbocycles. The van der Waals surface area contributed by atoms with E-state index in [0.717, 1.165) is 5.06 Å². The summed E-state index contributed by atoms with van der Waals surface area (Å²) in [7, 11) is 0. The molecule has 7 heteroatoms. The molecule has 1 aliphatic heterocycles. The van der Waals surface area contributed by atoms with E-state index in [0.29, 0.717) is 22.8 Å². The number of hydrogen-bond donors (Lipinski definition) is 0. The fourth-order valence-corrected chi connectivity index (χ4v) is 2.60. The molecule has 124 valence electrons. The van der Waals surface area contributed by atoms with E-state index in [1.54, 1.807) is 36.4 Å². The monoisotopic (exact) mass is 365 g/mol. The van der Waals surface area contributed by atoms with Gasteiger partial charge in [-0.25, -0.2) is 4.79 Å². The predicted molar refractivity (Wildman–Crippen MR) is 89.2 cm³/mol. The number of benzene rings is 2. The minimum atomic E-state index is -0.777. The molecule has 0 spiro atoms. The third-order valence-corrected chi connectivity index (χ3v) is 3.93. The van der Waals surface area contributed by atoms with Crippen LogP contribution < -0.4 is 4.74 Å². The van der Waals surface area contributed by atoms with Crippen molar-refractivity contribution in [3.05, 3.63) is 64.7 Å². The number of hydroxylamine groups is 2. The van der Waals surface area contributed by atoms with Crippen LogP contribution in [-0.4, -0.2) is 29.0 Å². The lowest BCUT2D eigenvalue weighted by molar-refractivity contribution is -0.160. The largest absolute Gasteiger partial charge is 0.466 e. The highest BCUT2D eigenvalue weighted by Gasteiger charge is 2.36. The third kappa shape index (κ3) is 3.32. The molecule has 0 N–H and O–H groups in total. The normalized spacial score (nSPS) is 16.3. The first kappa shape index (κ1) is 16.6. The maximum atomic E-state index is 12.6. The Balaban J connectivity index is 1.85. The summed E-state index contributed by atoms with van der Waals surface area (Å²) in [5, 5.41) is 1.43. The summed E-state index contributed by atoms with van der Waals surface area (Å²) in [5.74, 6) is -0.442. The average molecular weight is 366 g/mol. The number of fused-ring (bicyclic) bond motifs is 1. The Labute approximate surface area is 148 Å². The zero-order valence-corrected chi connectivity index (χ0v) is 14.0. The number of rotatable bonds is 4. The lowest BCUT2D eigenvalue weighted by Crippen LogP contribution is -2.48. The Hall–Kier alpha value is -2.24. The highest BCUT2D eigenvalue weighted by atomic mass is 35.5. The molecule has 0 radical (unpaired) electrons. The standard InChI is InChI=1S/C17H13Cl2NO4/c18-10-9-15-20(16(21)13-3-1-2-4-14(13)23-15)24-17(22)11-5-7-12(19)8-6-11/h1-8,15H,9-10H2. The second kappa shape index (κ2) is 7.11. The van der Waals surface area contributed by atoms with Crippen molar-refractivity contribution in [3.8, 4) is 5.75 Å². The second-order valence-corrected chi connectivity index (χ2v) is 5.88. The summed E-state index contributed by atoms with van der Waals surface area (Å²) in [4.78, 5) is 30.2. The molecular formula is C17H13Cl2NO4. The molecule has 1 unspecified atom stereocenters. The van der Waals surface area contributed by atoms with Gasteiger partial charge in [0.1, 0.15) is 5.75 Å².